The summed E-state index contributed by atoms with van der Waals surface area (Å²) < 4.78 is 11.8. The highest BCUT2D eigenvalue weighted by atomic mass is 16.5. The van der Waals surface area contributed by atoms with E-state index in [-0.39, 0.29) is 11.9 Å². The highest BCUT2D eigenvalue weighted by molar-refractivity contribution is 5.94. The summed E-state index contributed by atoms with van der Waals surface area (Å²) in [5.41, 5.74) is 1.39. The van der Waals surface area contributed by atoms with Gasteiger partial charge in [0.05, 0.1) is 30.7 Å². The smallest absolute Gasteiger partial charge is 0.257 e. The van der Waals surface area contributed by atoms with Crippen molar-refractivity contribution >= 4 is 5.91 Å². The van der Waals surface area contributed by atoms with Crippen LogP contribution in [0.4, 0.5) is 0 Å². The Morgan fingerprint density at radius 2 is 2.50 bits per heavy atom. The molecule has 0 N–H and O–H groups in total. The third kappa shape index (κ3) is 2.44. The van der Waals surface area contributed by atoms with Crippen molar-refractivity contribution in [2.75, 3.05) is 20.2 Å². The molecule has 7 heteroatoms. The first-order valence-electron chi connectivity index (χ1n) is 6.49. The van der Waals surface area contributed by atoms with E-state index in [1.807, 2.05) is 15.8 Å². The molecule has 3 rings (SSSR count). The van der Waals surface area contributed by atoms with Crippen molar-refractivity contribution < 1.29 is 13.9 Å². The molecule has 1 atom stereocenters. The van der Waals surface area contributed by atoms with Gasteiger partial charge < -0.3 is 14.1 Å². The molecule has 0 unspecified atom stereocenters. The van der Waals surface area contributed by atoms with Gasteiger partial charge in [-0.15, -0.1) is 5.10 Å². The Kier molecular flexibility index (Phi) is 3.51. The van der Waals surface area contributed by atoms with Gasteiger partial charge in [-0.3, -0.25) is 4.79 Å². The molecule has 0 aromatic carbocycles. The van der Waals surface area contributed by atoms with Gasteiger partial charge in [0.1, 0.15) is 12.0 Å². The summed E-state index contributed by atoms with van der Waals surface area (Å²) in [5, 5.41) is 8.14. The van der Waals surface area contributed by atoms with Gasteiger partial charge in [0.2, 0.25) is 0 Å². The van der Waals surface area contributed by atoms with Crippen LogP contribution in [0.15, 0.2) is 29.2 Å². The third-order valence-corrected chi connectivity index (χ3v) is 3.44. The zero-order chi connectivity index (χ0) is 13.9. The minimum Gasteiger partial charge on any atom is -0.472 e. The van der Waals surface area contributed by atoms with E-state index in [2.05, 4.69) is 10.3 Å². The number of likely N-dealkylation sites (tertiary alicyclic amines) is 1. The quantitative estimate of drug-likeness (QED) is 0.836. The minimum absolute atomic E-state index is 0.00141. The number of ether oxygens (including phenoxy) is 1. The lowest BCUT2D eigenvalue weighted by Gasteiger charge is -2.15. The monoisotopic (exact) mass is 276 g/mol. The molecule has 1 amide bonds. The largest absolute Gasteiger partial charge is 0.472 e. The van der Waals surface area contributed by atoms with Crippen molar-refractivity contribution in [1.29, 1.82) is 0 Å². The first-order chi connectivity index (χ1) is 9.78. The molecule has 3 heterocycles. The van der Waals surface area contributed by atoms with E-state index in [4.69, 9.17) is 9.15 Å². The van der Waals surface area contributed by atoms with Crippen LogP contribution >= 0.6 is 0 Å². The van der Waals surface area contributed by atoms with Crippen molar-refractivity contribution in [2.24, 2.45) is 0 Å². The average molecular weight is 276 g/mol. The Balaban J connectivity index is 1.65. The Hall–Kier alpha value is -2.15. The number of aromatic nitrogens is 3. The van der Waals surface area contributed by atoms with E-state index < -0.39 is 0 Å². The number of furan rings is 1. The lowest BCUT2D eigenvalue weighted by molar-refractivity contribution is 0.0786. The molecule has 1 aliphatic heterocycles. The number of methoxy groups -OCH3 is 1. The number of hydrogen-bond acceptors (Lipinski definition) is 5. The van der Waals surface area contributed by atoms with Crippen LogP contribution in [0.25, 0.3) is 0 Å². The highest BCUT2D eigenvalue weighted by Gasteiger charge is 2.29. The highest BCUT2D eigenvalue weighted by Crippen LogP contribution is 2.22. The van der Waals surface area contributed by atoms with Gasteiger partial charge in [-0.1, -0.05) is 5.21 Å². The van der Waals surface area contributed by atoms with Crippen LogP contribution in [0.5, 0.6) is 0 Å². The number of hydrogen-bond donors (Lipinski definition) is 0. The first-order valence-corrected chi connectivity index (χ1v) is 6.49. The van der Waals surface area contributed by atoms with Gasteiger partial charge in [-0.05, 0) is 12.5 Å². The summed E-state index contributed by atoms with van der Waals surface area (Å²) in [6.07, 6.45) is 5.73. The molecule has 106 valence electrons. The summed E-state index contributed by atoms with van der Waals surface area (Å²) in [7, 11) is 1.62. The molecule has 20 heavy (non-hydrogen) atoms. The van der Waals surface area contributed by atoms with E-state index >= 15 is 0 Å². The summed E-state index contributed by atoms with van der Waals surface area (Å²) in [4.78, 5) is 14.0. The van der Waals surface area contributed by atoms with Crippen LogP contribution in [0.3, 0.4) is 0 Å². The van der Waals surface area contributed by atoms with Crippen molar-refractivity contribution in [3.63, 3.8) is 0 Å². The molecular weight excluding hydrogens is 260 g/mol. The van der Waals surface area contributed by atoms with Crippen LogP contribution in [0, 0.1) is 0 Å². The molecule has 1 aliphatic rings. The molecule has 0 radical (unpaired) electrons. The van der Waals surface area contributed by atoms with E-state index in [0.29, 0.717) is 25.3 Å². The molecule has 1 saturated heterocycles. The maximum atomic E-state index is 12.2. The summed E-state index contributed by atoms with van der Waals surface area (Å²) in [6.45, 7) is 1.80. The van der Waals surface area contributed by atoms with Crippen molar-refractivity contribution in [1.82, 2.24) is 19.9 Å². The second-order valence-corrected chi connectivity index (χ2v) is 4.83. The van der Waals surface area contributed by atoms with Crippen molar-refractivity contribution in [3.8, 4) is 0 Å². The van der Waals surface area contributed by atoms with E-state index in [9.17, 15) is 4.79 Å². The maximum absolute atomic E-state index is 12.2. The normalized spacial score (nSPS) is 18.6. The van der Waals surface area contributed by atoms with Crippen LogP contribution in [-0.4, -0.2) is 46.0 Å². The number of carbonyl (C=O) groups excluding carboxylic acids is 1. The second kappa shape index (κ2) is 5.46. The van der Waals surface area contributed by atoms with Gasteiger partial charge in [-0.2, -0.15) is 0 Å². The maximum Gasteiger partial charge on any atom is 0.257 e. The predicted octanol–water partition coefficient (Wildman–Crippen LogP) is 1.10. The minimum atomic E-state index is -0.00141. The zero-order valence-corrected chi connectivity index (χ0v) is 11.2. The Labute approximate surface area is 116 Å². The number of nitrogens with zero attached hydrogens (tertiary/aromatic N) is 4. The molecule has 7 nitrogen and oxygen atoms in total. The zero-order valence-electron chi connectivity index (χ0n) is 11.2. The number of amides is 1. The van der Waals surface area contributed by atoms with Crippen LogP contribution in [0.1, 0.15) is 28.5 Å². The van der Waals surface area contributed by atoms with Crippen molar-refractivity contribution in [2.45, 2.75) is 19.1 Å². The lowest BCUT2D eigenvalue weighted by atomic mass is 10.3. The fraction of sp³-hybridized carbons (Fsp3) is 0.462. The van der Waals surface area contributed by atoms with Gasteiger partial charge in [0, 0.05) is 20.2 Å². The average Bonchev–Trinajstić information content (AvgIpc) is 3.19. The molecule has 0 spiro atoms. The lowest BCUT2D eigenvalue weighted by Crippen LogP contribution is -2.28. The molecule has 0 saturated carbocycles. The second-order valence-electron chi connectivity index (χ2n) is 4.83. The van der Waals surface area contributed by atoms with Gasteiger partial charge in [0.25, 0.3) is 5.91 Å². The first kappa shape index (κ1) is 12.9. The predicted molar refractivity (Wildman–Crippen MR) is 69.0 cm³/mol. The van der Waals surface area contributed by atoms with Crippen LogP contribution in [-0.2, 0) is 11.3 Å². The van der Waals surface area contributed by atoms with Crippen LogP contribution < -0.4 is 0 Å². The molecule has 1 fully saturated rings. The topological polar surface area (TPSA) is 73.4 Å². The summed E-state index contributed by atoms with van der Waals surface area (Å²) in [6, 6.07) is 1.85. The number of carbonyl (C=O) groups is 1. The fourth-order valence-corrected chi connectivity index (χ4v) is 2.42. The van der Waals surface area contributed by atoms with E-state index in [1.165, 1.54) is 12.5 Å². The standard InChI is InChI=1S/C13H16N4O3/c1-19-9-11-6-17(15-14-11)12-2-4-16(7-12)13(18)10-3-5-20-8-10/h3,5-6,8,12H,2,4,7,9H2,1H3/t12-/m0/s1. The molecule has 2 aromatic rings. The van der Waals surface area contributed by atoms with Crippen molar-refractivity contribution in [3.05, 3.63) is 36.0 Å². The Morgan fingerprint density at radius 1 is 1.60 bits per heavy atom. The van der Waals surface area contributed by atoms with Gasteiger partial charge in [0.15, 0.2) is 0 Å². The summed E-state index contributed by atoms with van der Waals surface area (Å²) >= 11 is 0. The SMILES string of the molecule is COCc1cn([C@H]2CCN(C(=O)c3ccoc3)C2)nn1. The van der Waals surface area contributed by atoms with Crippen LogP contribution in [0.2, 0.25) is 0 Å². The Morgan fingerprint density at radius 3 is 3.25 bits per heavy atom. The third-order valence-electron chi connectivity index (χ3n) is 3.44. The molecule has 2 aromatic heterocycles. The summed E-state index contributed by atoms with van der Waals surface area (Å²) in [5.74, 6) is -0.00141. The molecule has 0 bridgehead atoms. The molecule has 0 aliphatic carbocycles. The fourth-order valence-electron chi connectivity index (χ4n) is 2.42. The van der Waals surface area contributed by atoms with Gasteiger partial charge >= 0.3 is 0 Å². The number of rotatable bonds is 4. The Bertz CT molecular complexity index is 578. The van der Waals surface area contributed by atoms with E-state index in [1.54, 1.807) is 13.2 Å². The van der Waals surface area contributed by atoms with E-state index in [0.717, 1.165) is 12.1 Å². The molecular formula is C13H16N4O3. The van der Waals surface area contributed by atoms with Gasteiger partial charge in [-0.25, -0.2) is 4.68 Å².